The fourth-order valence-corrected chi connectivity index (χ4v) is 1.31. The molecule has 3 heteroatoms. The summed E-state index contributed by atoms with van der Waals surface area (Å²) in [4.78, 5) is 0. The molecule has 0 radical (unpaired) electrons. The summed E-state index contributed by atoms with van der Waals surface area (Å²) in [6.07, 6.45) is 0.212. The summed E-state index contributed by atoms with van der Waals surface area (Å²) in [6, 6.07) is 6.66. The van der Waals surface area contributed by atoms with Crippen molar-refractivity contribution in [2.24, 2.45) is 0 Å². The number of hydrogen-bond donors (Lipinski definition) is 2. The van der Waals surface area contributed by atoms with Crippen LogP contribution < -0.4 is 5.32 Å². The van der Waals surface area contributed by atoms with Gasteiger partial charge in [-0.1, -0.05) is 25.1 Å². The van der Waals surface area contributed by atoms with Crippen molar-refractivity contribution in [3.8, 4) is 0 Å². The molecule has 0 aliphatic carbocycles. The highest BCUT2D eigenvalue weighted by Crippen LogP contribution is 2.15. The van der Waals surface area contributed by atoms with Gasteiger partial charge in [0.25, 0.3) is 0 Å². The molecule has 0 saturated carbocycles. The largest absolute Gasteiger partial charge is 0.387 e. The van der Waals surface area contributed by atoms with Gasteiger partial charge in [0, 0.05) is 18.2 Å². The van der Waals surface area contributed by atoms with E-state index in [1.807, 2.05) is 6.92 Å². The lowest BCUT2D eigenvalue weighted by atomic mass is 10.1. The van der Waals surface area contributed by atoms with Gasteiger partial charge in [0.2, 0.25) is 0 Å². The lowest BCUT2D eigenvalue weighted by Crippen LogP contribution is -2.30. The van der Waals surface area contributed by atoms with Crippen LogP contribution >= 0.6 is 0 Å². The van der Waals surface area contributed by atoms with Gasteiger partial charge in [0.15, 0.2) is 0 Å². The molecule has 0 heterocycles. The third kappa shape index (κ3) is 3.61. The Morgan fingerprint density at radius 1 is 1.40 bits per heavy atom. The monoisotopic (exact) mass is 211 g/mol. The number of hydrogen-bond acceptors (Lipinski definition) is 2. The first-order valence-corrected chi connectivity index (χ1v) is 5.31. The molecule has 0 aliphatic rings. The Kier molecular flexibility index (Phi) is 4.72. The van der Waals surface area contributed by atoms with Crippen LogP contribution in [0.3, 0.4) is 0 Å². The van der Waals surface area contributed by atoms with Crippen LogP contribution in [-0.2, 0) is 0 Å². The van der Waals surface area contributed by atoms with Crippen molar-refractivity contribution in [2.45, 2.75) is 32.4 Å². The molecule has 2 unspecified atom stereocenters. The highest BCUT2D eigenvalue weighted by atomic mass is 19.1. The average molecular weight is 211 g/mol. The summed E-state index contributed by atoms with van der Waals surface area (Å²) >= 11 is 0. The number of aliphatic hydroxyl groups excluding tert-OH is 1. The number of nitrogens with one attached hydrogen (secondary N) is 1. The Balaban J connectivity index is 2.54. The van der Waals surface area contributed by atoms with Crippen molar-refractivity contribution < 1.29 is 9.50 Å². The number of benzene rings is 1. The summed E-state index contributed by atoms with van der Waals surface area (Å²) in [7, 11) is 0. The number of halogens is 1. The van der Waals surface area contributed by atoms with Crippen LogP contribution in [0.25, 0.3) is 0 Å². The highest BCUT2D eigenvalue weighted by molar-refractivity contribution is 5.19. The van der Waals surface area contributed by atoms with E-state index in [0.29, 0.717) is 18.2 Å². The van der Waals surface area contributed by atoms with Crippen molar-refractivity contribution >= 4 is 0 Å². The third-order valence-electron chi connectivity index (χ3n) is 2.54. The molecule has 15 heavy (non-hydrogen) atoms. The minimum Gasteiger partial charge on any atom is -0.387 e. The van der Waals surface area contributed by atoms with Crippen LogP contribution in [0.4, 0.5) is 4.39 Å². The highest BCUT2D eigenvalue weighted by Gasteiger charge is 2.12. The molecule has 0 spiro atoms. The van der Waals surface area contributed by atoms with Crippen LogP contribution in [0.15, 0.2) is 24.3 Å². The van der Waals surface area contributed by atoms with Gasteiger partial charge >= 0.3 is 0 Å². The normalized spacial score (nSPS) is 14.9. The lowest BCUT2D eigenvalue weighted by molar-refractivity contribution is 0.166. The van der Waals surface area contributed by atoms with E-state index in [2.05, 4.69) is 12.2 Å². The zero-order valence-electron chi connectivity index (χ0n) is 9.20. The molecule has 0 fully saturated rings. The SMILES string of the molecule is CCC(C)NCC(O)c1ccccc1F. The number of rotatable bonds is 5. The number of aliphatic hydroxyl groups is 1. The van der Waals surface area contributed by atoms with Crippen LogP contribution in [0.2, 0.25) is 0 Å². The Morgan fingerprint density at radius 2 is 2.07 bits per heavy atom. The van der Waals surface area contributed by atoms with Crippen molar-refractivity contribution in [3.05, 3.63) is 35.6 Å². The van der Waals surface area contributed by atoms with E-state index in [9.17, 15) is 9.50 Å². The van der Waals surface area contributed by atoms with Crippen molar-refractivity contribution in [1.82, 2.24) is 5.32 Å². The smallest absolute Gasteiger partial charge is 0.129 e. The zero-order valence-corrected chi connectivity index (χ0v) is 9.20. The Hall–Kier alpha value is -0.930. The zero-order chi connectivity index (χ0) is 11.3. The predicted molar refractivity (Wildman–Crippen MR) is 59.1 cm³/mol. The Morgan fingerprint density at radius 3 is 2.67 bits per heavy atom. The maximum atomic E-state index is 13.3. The molecule has 1 rings (SSSR count). The van der Waals surface area contributed by atoms with Gasteiger partial charge in [-0.05, 0) is 19.4 Å². The second kappa shape index (κ2) is 5.83. The first kappa shape index (κ1) is 12.1. The molecule has 2 nitrogen and oxygen atoms in total. The van der Waals surface area contributed by atoms with E-state index in [-0.39, 0.29) is 5.82 Å². The van der Waals surface area contributed by atoms with Crippen LogP contribution in [0, 0.1) is 5.82 Å². The lowest BCUT2D eigenvalue weighted by Gasteiger charge is -2.16. The molecule has 1 aromatic carbocycles. The standard InChI is InChI=1S/C12H18FNO/c1-3-9(2)14-8-12(15)10-6-4-5-7-11(10)13/h4-7,9,12,14-15H,3,8H2,1-2H3. The molecular formula is C12H18FNO. The molecule has 84 valence electrons. The summed E-state index contributed by atoms with van der Waals surface area (Å²) in [6.45, 7) is 4.48. The van der Waals surface area contributed by atoms with Crippen molar-refractivity contribution in [1.29, 1.82) is 0 Å². The maximum absolute atomic E-state index is 13.3. The van der Waals surface area contributed by atoms with Crippen molar-refractivity contribution in [3.63, 3.8) is 0 Å². The quantitative estimate of drug-likeness (QED) is 0.783. The van der Waals surface area contributed by atoms with Crippen LogP contribution in [-0.4, -0.2) is 17.7 Å². The minimum atomic E-state index is -0.778. The fraction of sp³-hybridized carbons (Fsp3) is 0.500. The molecule has 1 aromatic rings. The van der Waals surface area contributed by atoms with E-state index in [1.54, 1.807) is 18.2 Å². The van der Waals surface area contributed by atoms with E-state index in [1.165, 1.54) is 6.07 Å². The molecule has 0 bridgehead atoms. The predicted octanol–water partition coefficient (Wildman–Crippen LogP) is 2.25. The fourth-order valence-electron chi connectivity index (χ4n) is 1.31. The van der Waals surface area contributed by atoms with Gasteiger partial charge < -0.3 is 10.4 Å². The van der Waals surface area contributed by atoms with Crippen LogP contribution in [0.1, 0.15) is 31.9 Å². The summed E-state index contributed by atoms with van der Waals surface area (Å²) < 4.78 is 13.3. The summed E-state index contributed by atoms with van der Waals surface area (Å²) in [5, 5.41) is 12.9. The third-order valence-corrected chi connectivity index (χ3v) is 2.54. The summed E-state index contributed by atoms with van der Waals surface area (Å²) in [5.74, 6) is -0.351. The van der Waals surface area contributed by atoms with Crippen molar-refractivity contribution in [2.75, 3.05) is 6.54 Å². The van der Waals surface area contributed by atoms with E-state index < -0.39 is 6.10 Å². The van der Waals surface area contributed by atoms with Crippen LogP contribution in [0.5, 0.6) is 0 Å². The second-order valence-electron chi connectivity index (χ2n) is 3.75. The van der Waals surface area contributed by atoms with Gasteiger partial charge in [-0.2, -0.15) is 0 Å². The molecule has 0 aliphatic heterocycles. The van der Waals surface area contributed by atoms with E-state index in [4.69, 9.17) is 0 Å². The second-order valence-corrected chi connectivity index (χ2v) is 3.75. The molecule has 2 atom stereocenters. The average Bonchev–Trinajstić information content (AvgIpc) is 2.26. The Bertz CT molecular complexity index is 303. The molecule has 2 N–H and O–H groups in total. The van der Waals surface area contributed by atoms with Gasteiger partial charge in [0.1, 0.15) is 5.82 Å². The molecular weight excluding hydrogens is 193 g/mol. The van der Waals surface area contributed by atoms with Gasteiger partial charge in [-0.3, -0.25) is 0 Å². The first-order chi connectivity index (χ1) is 7.15. The molecule has 0 aromatic heterocycles. The van der Waals surface area contributed by atoms with E-state index in [0.717, 1.165) is 6.42 Å². The summed E-state index contributed by atoms with van der Waals surface area (Å²) in [5.41, 5.74) is 0.355. The maximum Gasteiger partial charge on any atom is 0.129 e. The molecule has 0 saturated heterocycles. The molecule has 0 amide bonds. The minimum absolute atomic E-state index is 0.339. The van der Waals surface area contributed by atoms with E-state index >= 15 is 0 Å². The van der Waals surface area contributed by atoms with Gasteiger partial charge in [0.05, 0.1) is 6.10 Å². The first-order valence-electron chi connectivity index (χ1n) is 5.31. The van der Waals surface area contributed by atoms with Gasteiger partial charge in [-0.25, -0.2) is 4.39 Å². The Labute approximate surface area is 90.1 Å². The topological polar surface area (TPSA) is 32.3 Å². The van der Waals surface area contributed by atoms with Gasteiger partial charge in [-0.15, -0.1) is 0 Å².